The Hall–Kier alpha value is -2.74. The molecule has 3 rings (SSSR count). The van der Waals surface area contributed by atoms with Crippen molar-refractivity contribution in [2.75, 3.05) is 0 Å². The van der Waals surface area contributed by atoms with Crippen LogP contribution in [0, 0.1) is 5.82 Å². The zero-order chi connectivity index (χ0) is 15.2. The molecule has 0 aromatic heterocycles. The normalized spacial score (nSPS) is 11.2. The fourth-order valence-corrected chi connectivity index (χ4v) is 2.38. The molecule has 0 unspecified atom stereocenters. The summed E-state index contributed by atoms with van der Waals surface area (Å²) in [5.41, 5.74) is 2.99. The second kappa shape index (κ2) is 6.81. The van der Waals surface area contributed by atoms with Gasteiger partial charge >= 0.3 is 0 Å². The lowest BCUT2D eigenvalue weighted by molar-refractivity contribution is 0.627. The molecule has 0 radical (unpaired) electrons. The van der Waals surface area contributed by atoms with E-state index in [-0.39, 0.29) is 11.9 Å². The van der Waals surface area contributed by atoms with Gasteiger partial charge in [0, 0.05) is 6.21 Å². The maximum atomic E-state index is 13.3. The Morgan fingerprint density at radius 3 is 1.86 bits per heavy atom. The van der Waals surface area contributed by atoms with Gasteiger partial charge in [-0.25, -0.2) is 4.39 Å². The minimum atomic E-state index is -0.250. The zero-order valence-electron chi connectivity index (χ0n) is 12.1. The van der Waals surface area contributed by atoms with Gasteiger partial charge in [-0.15, -0.1) is 0 Å². The van der Waals surface area contributed by atoms with Crippen LogP contribution in [0.25, 0.3) is 0 Å². The van der Waals surface area contributed by atoms with E-state index < -0.39 is 0 Å². The van der Waals surface area contributed by atoms with Gasteiger partial charge in [-0.1, -0.05) is 72.8 Å². The lowest BCUT2D eigenvalue weighted by atomic mass is 9.99. The van der Waals surface area contributed by atoms with Crippen molar-refractivity contribution in [3.05, 3.63) is 107 Å². The van der Waals surface area contributed by atoms with Crippen LogP contribution < -0.4 is 0 Å². The van der Waals surface area contributed by atoms with E-state index in [2.05, 4.69) is 29.3 Å². The van der Waals surface area contributed by atoms with E-state index in [1.807, 2.05) is 42.5 Å². The molecule has 0 aliphatic rings. The van der Waals surface area contributed by atoms with Gasteiger partial charge in [0.25, 0.3) is 0 Å². The van der Waals surface area contributed by atoms with Crippen molar-refractivity contribution in [2.24, 2.45) is 4.99 Å². The van der Waals surface area contributed by atoms with Crippen molar-refractivity contribution >= 4 is 6.21 Å². The molecule has 22 heavy (non-hydrogen) atoms. The van der Waals surface area contributed by atoms with Crippen LogP contribution in [0.15, 0.2) is 89.9 Å². The summed E-state index contributed by atoms with van der Waals surface area (Å²) in [5.74, 6) is -0.250. The Morgan fingerprint density at radius 1 is 0.727 bits per heavy atom. The quantitative estimate of drug-likeness (QED) is 0.597. The van der Waals surface area contributed by atoms with Crippen molar-refractivity contribution in [2.45, 2.75) is 6.04 Å². The molecule has 0 heterocycles. The highest BCUT2D eigenvalue weighted by Gasteiger charge is 2.11. The summed E-state index contributed by atoms with van der Waals surface area (Å²) in [6.45, 7) is 0. The third-order valence-electron chi connectivity index (χ3n) is 3.45. The van der Waals surface area contributed by atoms with E-state index in [9.17, 15) is 4.39 Å². The number of halogens is 1. The minimum absolute atomic E-state index is 0.0920. The molecule has 0 N–H and O–H groups in total. The lowest BCUT2D eigenvalue weighted by Gasteiger charge is -2.13. The van der Waals surface area contributed by atoms with Gasteiger partial charge in [0.05, 0.1) is 6.04 Å². The zero-order valence-corrected chi connectivity index (χ0v) is 12.1. The number of aliphatic imine (C=N–C) groups is 1. The monoisotopic (exact) mass is 289 g/mol. The molecule has 0 bridgehead atoms. The molecular formula is C20H16FN. The summed E-state index contributed by atoms with van der Waals surface area (Å²) in [6, 6.07) is 26.6. The topological polar surface area (TPSA) is 12.4 Å². The number of rotatable bonds is 4. The molecule has 0 spiro atoms. The number of benzene rings is 3. The van der Waals surface area contributed by atoms with Gasteiger partial charge in [-0.2, -0.15) is 0 Å². The molecule has 0 atom stereocenters. The highest BCUT2D eigenvalue weighted by molar-refractivity contribution is 5.79. The summed E-state index contributed by atoms with van der Waals surface area (Å²) >= 11 is 0. The molecule has 1 nitrogen and oxygen atoms in total. The first kappa shape index (κ1) is 14.2. The Balaban J connectivity index is 1.96. The van der Waals surface area contributed by atoms with Gasteiger partial charge in [-0.3, -0.25) is 4.99 Å². The Labute approximate surface area is 129 Å². The summed E-state index contributed by atoms with van der Waals surface area (Å²) in [5, 5.41) is 0. The average molecular weight is 289 g/mol. The van der Waals surface area contributed by atoms with Crippen LogP contribution in [0.3, 0.4) is 0 Å². The van der Waals surface area contributed by atoms with Gasteiger partial charge in [-0.05, 0) is 28.8 Å². The largest absolute Gasteiger partial charge is 0.280 e. The van der Waals surface area contributed by atoms with E-state index in [4.69, 9.17) is 0 Å². The van der Waals surface area contributed by atoms with E-state index in [1.165, 1.54) is 12.1 Å². The van der Waals surface area contributed by atoms with Crippen LogP contribution in [0.4, 0.5) is 4.39 Å². The highest BCUT2D eigenvalue weighted by Crippen LogP contribution is 2.25. The third kappa shape index (κ3) is 3.47. The fraction of sp³-hybridized carbons (Fsp3) is 0.0500. The van der Waals surface area contributed by atoms with Crippen molar-refractivity contribution in [3.8, 4) is 0 Å². The molecular weight excluding hydrogens is 273 g/mol. The first-order valence-electron chi connectivity index (χ1n) is 7.21. The van der Waals surface area contributed by atoms with Crippen LogP contribution in [-0.4, -0.2) is 6.21 Å². The molecule has 0 saturated carbocycles. The van der Waals surface area contributed by atoms with Crippen molar-refractivity contribution in [1.29, 1.82) is 0 Å². The molecule has 3 aromatic carbocycles. The van der Waals surface area contributed by atoms with E-state index in [1.54, 1.807) is 12.3 Å². The SMILES string of the molecule is Fc1cccc(C=NC(c2ccccc2)c2ccccc2)c1. The van der Waals surface area contributed by atoms with Gasteiger partial charge in [0.15, 0.2) is 0 Å². The minimum Gasteiger partial charge on any atom is -0.280 e. The Bertz CT molecular complexity index is 711. The molecule has 0 fully saturated rings. The van der Waals surface area contributed by atoms with E-state index >= 15 is 0 Å². The standard InChI is InChI=1S/C20H16FN/c21-19-13-7-8-16(14-19)15-22-20(17-9-3-1-4-10-17)18-11-5-2-6-12-18/h1-15,20H. The predicted molar refractivity (Wildman–Crippen MR) is 88.7 cm³/mol. The van der Waals surface area contributed by atoms with Crippen LogP contribution in [0.5, 0.6) is 0 Å². The lowest BCUT2D eigenvalue weighted by Crippen LogP contribution is -1.98. The number of nitrogens with zero attached hydrogens (tertiary/aromatic N) is 1. The van der Waals surface area contributed by atoms with Gasteiger partial charge in [0.2, 0.25) is 0 Å². The molecule has 3 aromatic rings. The maximum absolute atomic E-state index is 13.3. The number of hydrogen-bond acceptors (Lipinski definition) is 1. The van der Waals surface area contributed by atoms with Crippen molar-refractivity contribution < 1.29 is 4.39 Å². The molecule has 108 valence electrons. The first-order chi connectivity index (χ1) is 10.8. The molecule has 0 amide bonds. The molecule has 0 aliphatic carbocycles. The number of hydrogen-bond donors (Lipinski definition) is 0. The van der Waals surface area contributed by atoms with Gasteiger partial charge < -0.3 is 0 Å². The maximum Gasteiger partial charge on any atom is 0.123 e. The van der Waals surface area contributed by atoms with Crippen molar-refractivity contribution in [1.82, 2.24) is 0 Å². The summed E-state index contributed by atoms with van der Waals surface area (Å²) in [7, 11) is 0. The smallest absolute Gasteiger partial charge is 0.123 e. The van der Waals surface area contributed by atoms with Crippen LogP contribution in [-0.2, 0) is 0 Å². The fourth-order valence-electron chi connectivity index (χ4n) is 2.38. The molecule has 0 aliphatic heterocycles. The Kier molecular flexibility index (Phi) is 4.40. The highest BCUT2D eigenvalue weighted by atomic mass is 19.1. The predicted octanol–water partition coefficient (Wildman–Crippen LogP) is 5.03. The van der Waals surface area contributed by atoms with Crippen molar-refractivity contribution in [3.63, 3.8) is 0 Å². The molecule has 2 heteroatoms. The summed E-state index contributed by atoms with van der Waals surface area (Å²) in [4.78, 5) is 4.68. The average Bonchev–Trinajstić information content (AvgIpc) is 2.57. The third-order valence-corrected chi connectivity index (χ3v) is 3.45. The van der Waals surface area contributed by atoms with Crippen LogP contribution in [0.1, 0.15) is 22.7 Å². The summed E-state index contributed by atoms with van der Waals surface area (Å²) < 4.78 is 13.3. The first-order valence-corrected chi connectivity index (χ1v) is 7.21. The van der Waals surface area contributed by atoms with Crippen LogP contribution in [0.2, 0.25) is 0 Å². The second-order valence-electron chi connectivity index (χ2n) is 5.06. The second-order valence-corrected chi connectivity index (χ2v) is 5.06. The summed E-state index contributed by atoms with van der Waals surface area (Å²) in [6.07, 6.45) is 1.73. The molecule has 0 saturated heterocycles. The van der Waals surface area contributed by atoms with E-state index in [0.717, 1.165) is 16.7 Å². The van der Waals surface area contributed by atoms with E-state index in [0.29, 0.717) is 0 Å². The Morgan fingerprint density at radius 2 is 1.32 bits per heavy atom. The van der Waals surface area contributed by atoms with Crippen LogP contribution >= 0.6 is 0 Å². The van der Waals surface area contributed by atoms with Gasteiger partial charge in [0.1, 0.15) is 5.82 Å².